The first-order valence-corrected chi connectivity index (χ1v) is 7.89. The number of thiophene rings is 1. The zero-order valence-electron chi connectivity index (χ0n) is 11.9. The Morgan fingerprint density at radius 3 is 3.10 bits per heavy atom. The van der Waals surface area contributed by atoms with Gasteiger partial charge in [-0.15, -0.1) is 16.4 Å². The predicted octanol–water partition coefficient (Wildman–Crippen LogP) is 2.03. The van der Waals surface area contributed by atoms with Gasteiger partial charge in [0.15, 0.2) is 0 Å². The van der Waals surface area contributed by atoms with Gasteiger partial charge in [0.2, 0.25) is 5.82 Å². The third kappa shape index (κ3) is 3.48. The first-order valence-electron chi connectivity index (χ1n) is 7.01. The molecule has 1 saturated carbocycles. The van der Waals surface area contributed by atoms with E-state index in [2.05, 4.69) is 15.2 Å². The van der Waals surface area contributed by atoms with Crippen LogP contribution in [0.2, 0.25) is 0 Å². The summed E-state index contributed by atoms with van der Waals surface area (Å²) in [5, 5.41) is 8.96. The first-order chi connectivity index (χ1) is 10.3. The second kappa shape index (κ2) is 6.36. The Labute approximate surface area is 127 Å². The fourth-order valence-corrected chi connectivity index (χ4v) is 2.81. The number of amides is 1. The number of aromatic nitrogens is 3. The van der Waals surface area contributed by atoms with Crippen LogP contribution in [0.1, 0.15) is 40.1 Å². The molecule has 0 aliphatic heterocycles. The summed E-state index contributed by atoms with van der Waals surface area (Å²) in [4.78, 5) is 19.8. The van der Waals surface area contributed by atoms with E-state index in [0.29, 0.717) is 25.6 Å². The number of ether oxygens (including phenoxy) is 1. The normalized spacial score (nSPS) is 14.3. The fraction of sp³-hybridized carbons (Fsp3) is 0.500. The van der Waals surface area contributed by atoms with Gasteiger partial charge in [-0.2, -0.15) is 0 Å². The van der Waals surface area contributed by atoms with Crippen LogP contribution in [-0.2, 0) is 11.3 Å². The molecule has 1 aliphatic rings. The summed E-state index contributed by atoms with van der Waals surface area (Å²) < 4.78 is 5.09. The molecule has 0 unspecified atom stereocenters. The van der Waals surface area contributed by atoms with Crippen LogP contribution in [0.4, 0.5) is 0 Å². The van der Waals surface area contributed by atoms with Gasteiger partial charge < -0.3 is 9.64 Å². The highest BCUT2D eigenvalue weighted by molar-refractivity contribution is 7.09. The highest BCUT2D eigenvalue weighted by Gasteiger charge is 2.29. The molecule has 2 aromatic heterocycles. The molecule has 21 heavy (non-hydrogen) atoms. The van der Waals surface area contributed by atoms with Gasteiger partial charge in [0.05, 0.1) is 13.2 Å². The number of methoxy groups -OCH3 is 1. The first kappa shape index (κ1) is 14.2. The van der Waals surface area contributed by atoms with Gasteiger partial charge in [-0.25, -0.2) is 4.98 Å². The predicted molar refractivity (Wildman–Crippen MR) is 79.3 cm³/mol. The molecule has 1 aliphatic carbocycles. The third-order valence-electron chi connectivity index (χ3n) is 3.44. The van der Waals surface area contributed by atoms with Crippen LogP contribution in [0, 0.1) is 0 Å². The van der Waals surface area contributed by atoms with Gasteiger partial charge >= 0.3 is 0 Å². The molecule has 0 bridgehead atoms. The van der Waals surface area contributed by atoms with Crippen molar-refractivity contribution in [1.29, 1.82) is 0 Å². The Balaban J connectivity index is 1.71. The molecule has 0 atom stereocenters. The number of aromatic amines is 1. The second-order valence-electron chi connectivity index (χ2n) is 5.12. The van der Waals surface area contributed by atoms with Gasteiger partial charge in [-0.1, -0.05) is 6.07 Å². The second-order valence-corrected chi connectivity index (χ2v) is 6.15. The average molecular weight is 306 g/mol. The minimum Gasteiger partial charge on any atom is -0.383 e. The van der Waals surface area contributed by atoms with Gasteiger partial charge in [0.1, 0.15) is 5.82 Å². The summed E-state index contributed by atoms with van der Waals surface area (Å²) >= 11 is 1.63. The lowest BCUT2D eigenvalue weighted by Crippen LogP contribution is -2.34. The molecule has 1 amide bonds. The monoisotopic (exact) mass is 306 g/mol. The lowest BCUT2D eigenvalue weighted by molar-refractivity contribution is 0.0671. The van der Waals surface area contributed by atoms with Crippen LogP contribution in [0.5, 0.6) is 0 Å². The van der Waals surface area contributed by atoms with E-state index in [4.69, 9.17) is 4.74 Å². The number of carbonyl (C=O) groups excluding carboxylic acids is 1. The molecular formula is C14H18N4O2S. The molecule has 1 fully saturated rings. The Morgan fingerprint density at radius 1 is 1.57 bits per heavy atom. The lowest BCUT2D eigenvalue weighted by atomic mass is 10.3. The van der Waals surface area contributed by atoms with E-state index in [1.165, 1.54) is 0 Å². The molecule has 2 aromatic rings. The van der Waals surface area contributed by atoms with E-state index < -0.39 is 0 Å². The highest BCUT2D eigenvalue weighted by Crippen LogP contribution is 2.37. The number of H-pyrrole nitrogens is 1. The number of nitrogens with one attached hydrogen (secondary N) is 1. The Hall–Kier alpha value is -1.73. The van der Waals surface area contributed by atoms with E-state index in [1.54, 1.807) is 23.3 Å². The molecule has 112 valence electrons. The molecule has 1 N–H and O–H groups in total. The average Bonchev–Trinajstić information content (AvgIpc) is 3.03. The Morgan fingerprint density at radius 2 is 2.43 bits per heavy atom. The van der Waals surface area contributed by atoms with Crippen molar-refractivity contribution < 1.29 is 9.53 Å². The molecule has 6 nitrogen and oxygen atoms in total. The van der Waals surface area contributed by atoms with Crippen molar-refractivity contribution in [3.05, 3.63) is 34.0 Å². The number of nitrogens with zero attached hydrogens (tertiary/aromatic N) is 3. The molecule has 3 rings (SSSR count). The van der Waals surface area contributed by atoms with Crippen molar-refractivity contribution in [2.75, 3.05) is 20.3 Å². The molecule has 0 spiro atoms. The van der Waals surface area contributed by atoms with Crippen LogP contribution in [0.15, 0.2) is 17.5 Å². The van der Waals surface area contributed by atoms with Crippen molar-refractivity contribution in [1.82, 2.24) is 20.1 Å². The summed E-state index contributed by atoms with van der Waals surface area (Å²) in [7, 11) is 1.63. The zero-order valence-corrected chi connectivity index (χ0v) is 12.7. The minimum atomic E-state index is -0.149. The number of rotatable bonds is 7. The van der Waals surface area contributed by atoms with Crippen molar-refractivity contribution in [3.63, 3.8) is 0 Å². The zero-order chi connectivity index (χ0) is 14.7. The van der Waals surface area contributed by atoms with E-state index >= 15 is 0 Å². The van der Waals surface area contributed by atoms with Crippen LogP contribution in [0.25, 0.3) is 0 Å². The standard InChI is InChI=1S/C14H18N4O2S/c1-20-7-6-18(9-11-3-2-8-21-11)14(19)13-15-12(16-17-13)10-4-5-10/h2-3,8,10H,4-7,9H2,1H3,(H,15,16,17). The third-order valence-corrected chi connectivity index (χ3v) is 4.30. The number of hydrogen-bond donors (Lipinski definition) is 1. The van der Waals surface area contributed by atoms with Gasteiger partial charge in [0, 0.05) is 24.4 Å². The molecular weight excluding hydrogens is 288 g/mol. The highest BCUT2D eigenvalue weighted by atomic mass is 32.1. The van der Waals surface area contributed by atoms with Gasteiger partial charge in [-0.3, -0.25) is 9.89 Å². The largest absolute Gasteiger partial charge is 0.383 e. The fourth-order valence-electron chi connectivity index (χ4n) is 2.10. The maximum Gasteiger partial charge on any atom is 0.293 e. The van der Waals surface area contributed by atoms with E-state index in [9.17, 15) is 4.79 Å². The number of carbonyl (C=O) groups is 1. The van der Waals surface area contributed by atoms with Crippen LogP contribution in [0.3, 0.4) is 0 Å². The van der Waals surface area contributed by atoms with Crippen molar-refractivity contribution in [2.24, 2.45) is 0 Å². The van der Waals surface area contributed by atoms with E-state index in [-0.39, 0.29) is 11.7 Å². The molecule has 0 aromatic carbocycles. The molecule has 0 radical (unpaired) electrons. The SMILES string of the molecule is COCCN(Cc1cccs1)C(=O)c1n[nH]c(C2CC2)n1. The Bertz CT molecular complexity index is 592. The van der Waals surface area contributed by atoms with Crippen molar-refractivity contribution >= 4 is 17.2 Å². The summed E-state index contributed by atoms with van der Waals surface area (Å²) in [6.07, 6.45) is 2.26. The maximum absolute atomic E-state index is 12.6. The summed E-state index contributed by atoms with van der Waals surface area (Å²) in [6, 6.07) is 4.00. The van der Waals surface area contributed by atoms with Gasteiger partial charge in [-0.05, 0) is 24.3 Å². The molecule has 2 heterocycles. The summed E-state index contributed by atoms with van der Waals surface area (Å²) in [5.74, 6) is 1.40. The summed E-state index contributed by atoms with van der Waals surface area (Å²) in [5.41, 5.74) is 0. The quantitative estimate of drug-likeness (QED) is 0.849. The van der Waals surface area contributed by atoms with E-state index in [1.807, 2.05) is 17.5 Å². The molecule has 0 saturated heterocycles. The van der Waals surface area contributed by atoms with Crippen LogP contribution in [-0.4, -0.2) is 46.2 Å². The Kier molecular flexibility index (Phi) is 4.31. The van der Waals surface area contributed by atoms with Crippen LogP contribution >= 0.6 is 11.3 Å². The van der Waals surface area contributed by atoms with Crippen LogP contribution < -0.4 is 0 Å². The minimum absolute atomic E-state index is 0.149. The lowest BCUT2D eigenvalue weighted by Gasteiger charge is -2.20. The van der Waals surface area contributed by atoms with Crippen molar-refractivity contribution in [2.45, 2.75) is 25.3 Å². The topological polar surface area (TPSA) is 71.1 Å². The maximum atomic E-state index is 12.6. The number of hydrogen-bond acceptors (Lipinski definition) is 5. The smallest absolute Gasteiger partial charge is 0.293 e. The molecule has 7 heteroatoms. The van der Waals surface area contributed by atoms with Crippen molar-refractivity contribution in [3.8, 4) is 0 Å². The summed E-state index contributed by atoms with van der Waals surface area (Å²) in [6.45, 7) is 1.59. The van der Waals surface area contributed by atoms with E-state index in [0.717, 1.165) is 23.5 Å². The van der Waals surface area contributed by atoms with Gasteiger partial charge in [0.25, 0.3) is 5.91 Å².